The van der Waals surface area contributed by atoms with E-state index in [2.05, 4.69) is 10.3 Å². The molecular weight excluding hydrogens is 202 g/mol. The molecule has 78 valence electrons. The molecule has 1 N–H and O–H groups in total. The van der Waals surface area contributed by atoms with Crippen LogP contribution in [0.2, 0.25) is 0 Å². The molecule has 0 saturated carbocycles. The molecule has 0 bridgehead atoms. The maximum Gasteiger partial charge on any atom is 0.246 e. The monoisotopic (exact) mass is 215 g/mol. The quantitative estimate of drug-likeness (QED) is 0.791. The van der Waals surface area contributed by atoms with Crippen LogP contribution in [0.25, 0.3) is 0 Å². The van der Waals surface area contributed by atoms with Gasteiger partial charge in [-0.15, -0.1) is 0 Å². The lowest BCUT2D eigenvalue weighted by Gasteiger charge is -2.13. The molecule has 5 nitrogen and oxygen atoms in total. The lowest BCUT2D eigenvalue weighted by molar-refractivity contribution is 0.520. The Morgan fingerprint density at radius 1 is 1.43 bits per heavy atom. The van der Waals surface area contributed by atoms with E-state index in [0.717, 1.165) is 4.31 Å². The van der Waals surface area contributed by atoms with Crippen LogP contribution in [-0.4, -0.2) is 38.9 Å². The van der Waals surface area contributed by atoms with Crippen molar-refractivity contribution in [2.45, 2.75) is 4.90 Å². The summed E-state index contributed by atoms with van der Waals surface area (Å²) in [5, 5.41) is 2.81. The summed E-state index contributed by atoms with van der Waals surface area (Å²) in [6.45, 7) is 0. The Bertz CT molecular complexity index is 414. The molecule has 14 heavy (non-hydrogen) atoms. The fourth-order valence-electron chi connectivity index (χ4n) is 0.989. The second-order valence-corrected chi connectivity index (χ2v) is 5.03. The molecule has 1 aromatic rings. The van der Waals surface area contributed by atoms with E-state index in [-0.39, 0.29) is 4.90 Å². The molecule has 0 aliphatic rings. The van der Waals surface area contributed by atoms with Crippen LogP contribution in [0.5, 0.6) is 0 Å². The van der Waals surface area contributed by atoms with Gasteiger partial charge in [0, 0.05) is 33.5 Å². The van der Waals surface area contributed by atoms with Crippen molar-refractivity contribution in [2.75, 3.05) is 26.5 Å². The number of sulfonamides is 1. The molecule has 0 aliphatic carbocycles. The van der Waals surface area contributed by atoms with Gasteiger partial charge in [-0.2, -0.15) is 0 Å². The van der Waals surface area contributed by atoms with Gasteiger partial charge in [0.15, 0.2) is 0 Å². The van der Waals surface area contributed by atoms with Crippen molar-refractivity contribution in [3.05, 3.63) is 18.5 Å². The first-order valence-corrected chi connectivity index (χ1v) is 5.48. The Labute approximate surface area is 83.8 Å². The van der Waals surface area contributed by atoms with Gasteiger partial charge >= 0.3 is 0 Å². The van der Waals surface area contributed by atoms with E-state index in [1.807, 2.05) is 0 Å². The zero-order valence-corrected chi connectivity index (χ0v) is 9.17. The van der Waals surface area contributed by atoms with Crippen LogP contribution in [0.15, 0.2) is 23.4 Å². The number of nitrogens with zero attached hydrogens (tertiary/aromatic N) is 2. The highest BCUT2D eigenvalue weighted by atomic mass is 32.2. The van der Waals surface area contributed by atoms with Gasteiger partial charge in [0.2, 0.25) is 10.0 Å². The second kappa shape index (κ2) is 3.93. The van der Waals surface area contributed by atoms with Gasteiger partial charge in [-0.3, -0.25) is 4.98 Å². The number of rotatable bonds is 3. The topological polar surface area (TPSA) is 62.3 Å². The summed E-state index contributed by atoms with van der Waals surface area (Å²) in [7, 11) is 1.24. The van der Waals surface area contributed by atoms with Crippen molar-refractivity contribution in [3.8, 4) is 0 Å². The molecule has 0 aliphatic heterocycles. The van der Waals surface area contributed by atoms with E-state index in [1.165, 1.54) is 20.3 Å². The highest BCUT2D eigenvalue weighted by Gasteiger charge is 2.20. The number of anilines is 1. The maximum absolute atomic E-state index is 11.8. The van der Waals surface area contributed by atoms with E-state index in [4.69, 9.17) is 0 Å². The average Bonchev–Trinajstić information content (AvgIpc) is 2.17. The molecule has 0 radical (unpaired) electrons. The molecule has 0 fully saturated rings. The first-order chi connectivity index (χ1) is 6.50. The molecule has 1 aromatic heterocycles. The highest BCUT2D eigenvalue weighted by Crippen LogP contribution is 2.20. The molecule has 1 heterocycles. The maximum atomic E-state index is 11.8. The Morgan fingerprint density at radius 2 is 2.07 bits per heavy atom. The van der Waals surface area contributed by atoms with Gasteiger partial charge < -0.3 is 5.32 Å². The van der Waals surface area contributed by atoms with Gasteiger partial charge in [0.1, 0.15) is 4.90 Å². The van der Waals surface area contributed by atoms with Crippen molar-refractivity contribution < 1.29 is 8.42 Å². The smallest absolute Gasteiger partial charge is 0.246 e. The van der Waals surface area contributed by atoms with E-state index in [0.29, 0.717) is 5.69 Å². The Morgan fingerprint density at radius 3 is 2.57 bits per heavy atom. The van der Waals surface area contributed by atoms with Crippen molar-refractivity contribution in [1.29, 1.82) is 0 Å². The molecule has 0 aromatic carbocycles. The fourth-order valence-corrected chi connectivity index (χ4v) is 2.02. The highest BCUT2D eigenvalue weighted by molar-refractivity contribution is 7.89. The predicted octanol–water partition coefficient (Wildman–Crippen LogP) is 0.374. The van der Waals surface area contributed by atoms with Crippen LogP contribution in [0.4, 0.5) is 5.69 Å². The summed E-state index contributed by atoms with van der Waals surface area (Å²) in [5.41, 5.74) is 0.550. The molecule has 0 saturated heterocycles. The van der Waals surface area contributed by atoms with Crippen LogP contribution in [0.1, 0.15) is 0 Å². The van der Waals surface area contributed by atoms with Crippen LogP contribution in [0, 0.1) is 0 Å². The predicted molar refractivity (Wildman–Crippen MR) is 54.7 cm³/mol. The Hall–Kier alpha value is -1.14. The molecular formula is C8H13N3O2S. The third-order valence-electron chi connectivity index (χ3n) is 1.81. The zero-order chi connectivity index (χ0) is 10.8. The number of pyridine rings is 1. The van der Waals surface area contributed by atoms with E-state index < -0.39 is 10.0 Å². The van der Waals surface area contributed by atoms with E-state index in [9.17, 15) is 8.42 Å². The van der Waals surface area contributed by atoms with Crippen LogP contribution >= 0.6 is 0 Å². The van der Waals surface area contributed by atoms with E-state index >= 15 is 0 Å². The summed E-state index contributed by atoms with van der Waals surface area (Å²) in [6, 6.07) is 1.62. The molecule has 0 spiro atoms. The first kappa shape index (κ1) is 10.9. The largest absolute Gasteiger partial charge is 0.387 e. The van der Waals surface area contributed by atoms with Gasteiger partial charge in [0.05, 0.1) is 5.69 Å². The van der Waals surface area contributed by atoms with Crippen LogP contribution in [0.3, 0.4) is 0 Å². The zero-order valence-electron chi connectivity index (χ0n) is 8.35. The van der Waals surface area contributed by atoms with Crippen molar-refractivity contribution in [3.63, 3.8) is 0 Å². The third kappa shape index (κ3) is 1.85. The molecule has 0 unspecified atom stereocenters. The Balaban J connectivity index is 3.32. The molecule has 0 amide bonds. The summed E-state index contributed by atoms with van der Waals surface area (Å²) >= 11 is 0. The number of hydrogen-bond donors (Lipinski definition) is 1. The standard InChI is InChI=1S/C8H13N3O2S/c1-9-7-4-5-10-6-8(7)14(12,13)11(2)3/h4-6H,1-3H3,(H,9,10). The average molecular weight is 215 g/mol. The summed E-state index contributed by atoms with van der Waals surface area (Å²) in [5.74, 6) is 0. The summed E-state index contributed by atoms with van der Waals surface area (Å²) in [4.78, 5) is 3.98. The Kier molecular flexibility index (Phi) is 3.07. The van der Waals surface area contributed by atoms with Gasteiger partial charge in [-0.25, -0.2) is 12.7 Å². The van der Waals surface area contributed by atoms with Crippen molar-refractivity contribution in [2.24, 2.45) is 0 Å². The summed E-state index contributed by atoms with van der Waals surface area (Å²) < 4.78 is 24.7. The fraction of sp³-hybridized carbons (Fsp3) is 0.375. The first-order valence-electron chi connectivity index (χ1n) is 4.04. The normalized spacial score (nSPS) is 11.7. The molecule has 6 heteroatoms. The van der Waals surface area contributed by atoms with Crippen LogP contribution in [-0.2, 0) is 10.0 Å². The minimum Gasteiger partial charge on any atom is -0.387 e. The lowest BCUT2D eigenvalue weighted by atomic mass is 10.4. The minimum atomic E-state index is -3.41. The SMILES string of the molecule is CNc1ccncc1S(=O)(=O)N(C)C. The van der Waals surface area contributed by atoms with Crippen molar-refractivity contribution >= 4 is 15.7 Å². The third-order valence-corrected chi connectivity index (χ3v) is 3.66. The second-order valence-electron chi connectivity index (χ2n) is 2.91. The van der Waals surface area contributed by atoms with Gasteiger partial charge in [0.25, 0.3) is 0 Å². The summed E-state index contributed by atoms with van der Waals surface area (Å²) in [6.07, 6.45) is 2.88. The number of hydrogen-bond acceptors (Lipinski definition) is 4. The molecule has 1 rings (SSSR count). The number of aromatic nitrogens is 1. The van der Waals surface area contributed by atoms with Crippen molar-refractivity contribution in [1.82, 2.24) is 9.29 Å². The lowest BCUT2D eigenvalue weighted by Crippen LogP contribution is -2.23. The number of nitrogens with one attached hydrogen (secondary N) is 1. The van der Waals surface area contributed by atoms with Crippen LogP contribution < -0.4 is 5.32 Å². The van der Waals surface area contributed by atoms with Gasteiger partial charge in [-0.1, -0.05) is 0 Å². The van der Waals surface area contributed by atoms with E-state index in [1.54, 1.807) is 19.3 Å². The minimum absolute atomic E-state index is 0.188. The van der Waals surface area contributed by atoms with Gasteiger partial charge in [-0.05, 0) is 6.07 Å². The molecule has 0 atom stereocenters.